The van der Waals surface area contributed by atoms with E-state index in [1.807, 2.05) is 6.07 Å². The van der Waals surface area contributed by atoms with Gasteiger partial charge in [0, 0.05) is 0 Å². The summed E-state index contributed by atoms with van der Waals surface area (Å²) in [6.45, 7) is 1.78. The molecule has 1 unspecified atom stereocenters. The second kappa shape index (κ2) is 6.65. The molecule has 0 aliphatic heterocycles. The molecule has 0 aliphatic rings. The standard InChI is InChI=1S/C12H14O5/c1-2-16-12(15)10(11(13)14)17-8-9-6-4-3-5-7-9/h3-7,10H,2,8H2,1H3,(H,13,14). The van der Waals surface area contributed by atoms with Crippen LogP contribution in [-0.2, 0) is 25.7 Å². The molecule has 0 bridgehead atoms. The average Bonchev–Trinajstić information content (AvgIpc) is 2.30. The fourth-order valence-corrected chi connectivity index (χ4v) is 1.21. The van der Waals surface area contributed by atoms with Gasteiger partial charge in [-0.2, -0.15) is 0 Å². The van der Waals surface area contributed by atoms with E-state index in [0.29, 0.717) is 0 Å². The van der Waals surface area contributed by atoms with Crippen molar-refractivity contribution in [3.63, 3.8) is 0 Å². The molecule has 92 valence electrons. The largest absolute Gasteiger partial charge is 0.479 e. The van der Waals surface area contributed by atoms with Crippen molar-refractivity contribution in [2.45, 2.75) is 19.6 Å². The number of hydrogen-bond donors (Lipinski definition) is 1. The van der Waals surface area contributed by atoms with Crippen LogP contribution < -0.4 is 0 Å². The Morgan fingerprint density at radius 3 is 2.47 bits per heavy atom. The summed E-state index contributed by atoms with van der Waals surface area (Å²) >= 11 is 0. The van der Waals surface area contributed by atoms with Gasteiger partial charge in [0.1, 0.15) is 0 Å². The zero-order valence-electron chi connectivity index (χ0n) is 9.46. The average molecular weight is 238 g/mol. The van der Waals surface area contributed by atoms with E-state index in [1.54, 1.807) is 31.2 Å². The third kappa shape index (κ3) is 4.24. The van der Waals surface area contributed by atoms with Gasteiger partial charge in [0.05, 0.1) is 13.2 Å². The fraction of sp³-hybridized carbons (Fsp3) is 0.333. The van der Waals surface area contributed by atoms with Gasteiger partial charge < -0.3 is 14.6 Å². The van der Waals surface area contributed by atoms with Gasteiger partial charge in [0.2, 0.25) is 0 Å². The molecule has 17 heavy (non-hydrogen) atoms. The molecular weight excluding hydrogens is 224 g/mol. The van der Waals surface area contributed by atoms with Gasteiger partial charge in [-0.25, -0.2) is 9.59 Å². The minimum Gasteiger partial charge on any atom is -0.479 e. The van der Waals surface area contributed by atoms with Crippen LogP contribution in [-0.4, -0.2) is 29.8 Å². The van der Waals surface area contributed by atoms with Crippen molar-refractivity contribution in [2.24, 2.45) is 0 Å². The topological polar surface area (TPSA) is 72.8 Å². The van der Waals surface area contributed by atoms with Crippen molar-refractivity contribution in [3.8, 4) is 0 Å². The van der Waals surface area contributed by atoms with E-state index in [2.05, 4.69) is 4.74 Å². The first-order valence-corrected chi connectivity index (χ1v) is 5.20. The minimum absolute atomic E-state index is 0.0522. The number of ether oxygens (including phenoxy) is 2. The number of benzene rings is 1. The second-order valence-corrected chi connectivity index (χ2v) is 3.27. The lowest BCUT2D eigenvalue weighted by molar-refractivity contribution is -0.170. The highest BCUT2D eigenvalue weighted by molar-refractivity contribution is 5.97. The normalized spacial score (nSPS) is 11.8. The van der Waals surface area contributed by atoms with Crippen LogP contribution in [0.3, 0.4) is 0 Å². The molecule has 1 aromatic rings. The molecule has 1 aromatic carbocycles. The van der Waals surface area contributed by atoms with E-state index in [4.69, 9.17) is 9.84 Å². The second-order valence-electron chi connectivity index (χ2n) is 3.27. The van der Waals surface area contributed by atoms with E-state index >= 15 is 0 Å². The molecule has 0 fully saturated rings. The van der Waals surface area contributed by atoms with Gasteiger partial charge >= 0.3 is 11.9 Å². The number of carbonyl (C=O) groups excluding carboxylic acids is 1. The van der Waals surface area contributed by atoms with Gasteiger partial charge in [-0.1, -0.05) is 30.3 Å². The Morgan fingerprint density at radius 2 is 1.94 bits per heavy atom. The summed E-state index contributed by atoms with van der Waals surface area (Å²) in [6.07, 6.45) is -1.57. The lowest BCUT2D eigenvalue weighted by Gasteiger charge is -2.12. The summed E-state index contributed by atoms with van der Waals surface area (Å²) in [5.41, 5.74) is 0.794. The molecule has 0 saturated heterocycles. The Morgan fingerprint density at radius 1 is 1.29 bits per heavy atom. The zero-order valence-corrected chi connectivity index (χ0v) is 9.46. The monoisotopic (exact) mass is 238 g/mol. The number of carbonyl (C=O) groups is 2. The number of esters is 1. The van der Waals surface area contributed by atoms with E-state index in [9.17, 15) is 9.59 Å². The zero-order chi connectivity index (χ0) is 12.7. The summed E-state index contributed by atoms with van der Waals surface area (Å²) < 4.78 is 9.64. The van der Waals surface area contributed by atoms with Gasteiger partial charge in [-0.05, 0) is 12.5 Å². The number of aliphatic carboxylic acids is 1. The van der Waals surface area contributed by atoms with Crippen molar-refractivity contribution < 1.29 is 24.2 Å². The first kappa shape index (κ1) is 13.2. The Kier molecular flexibility index (Phi) is 5.16. The molecule has 0 heterocycles. The smallest absolute Gasteiger partial charge is 0.347 e. The van der Waals surface area contributed by atoms with Crippen LogP contribution in [0.4, 0.5) is 0 Å². The first-order valence-electron chi connectivity index (χ1n) is 5.20. The molecule has 0 radical (unpaired) electrons. The number of carboxylic acid groups (broad SMARTS) is 1. The van der Waals surface area contributed by atoms with Crippen LogP contribution in [0.25, 0.3) is 0 Å². The van der Waals surface area contributed by atoms with Crippen LogP contribution in [0.15, 0.2) is 30.3 Å². The summed E-state index contributed by atoms with van der Waals surface area (Å²) in [5.74, 6) is -2.23. The van der Waals surface area contributed by atoms with Crippen molar-refractivity contribution in [3.05, 3.63) is 35.9 Å². The Labute approximate surface area is 99.0 Å². The summed E-state index contributed by atoms with van der Waals surface area (Å²) in [5, 5.41) is 8.82. The van der Waals surface area contributed by atoms with Crippen LogP contribution >= 0.6 is 0 Å². The third-order valence-corrected chi connectivity index (χ3v) is 1.98. The summed E-state index contributed by atoms with van der Waals surface area (Å²) in [6, 6.07) is 9.01. The molecule has 5 heteroatoms. The van der Waals surface area contributed by atoms with Crippen LogP contribution in [0.1, 0.15) is 12.5 Å². The predicted molar refractivity (Wildman–Crippen MR) is 59.3 cm³/mol. The van der Waals surface area contributed by atoms with Gasteiger partial charge in [0.15, 0.2) is 0 Å². The molecule has 0 aromatic heterocycles. The maximum absolute atomic E-state index is 11.3. The highest BCUT2D eigenvalue weighted by atomic mass is 16.6. The maximum atomic E-state index is 11.3. The van der Waals surface area contributed by atoms with Crippen LogP contribution in [0, 0.1) is 0 Å². The molecule has 0 spiro atoms. The number of carboxylic acids is 1. The molecule has 5 nitrogen and oxygen atoms in total. The molecule has 1 N–H and O–H groups in total. The van der Waals surface area contributed by atoms with Crippen molar-refractivity contribution in [1.29, 1.82) is 0 Å². The fourth-order valence-electron chi connectivity index (χ4n) is 1.21. The predicted octanol–water partition coefficient (Wildman–Crippen LogP) is 1.22. The lowest BCUT2D eigenvalue weighted by Crippen LogP contribution is -2.34. The lowest BCUT2D eigenvalue weighted by atomic mass is 10.2. The van der Waals surface area contributed by atoms with Crippen molar-refractivity contribution in [2.75, 3.05) is 6.61 Å². The van der Waals surface area contributed by atoms with E-state index in [1.165, 1.54) is 0 Å². The minimum atomic E-state index is -1.57. The Balaban J connectivity index is 2.56. The van der Waals surface area contributed by atoms with Gasteiger partial charge in [0.25, 0.3) is 6.10 Å². The van der Waals surface area contributed by atoms with Crippen molar-refractivity contribution >= 4 is 11.9 Å². The van der Waals surface area contributed by atoms with Gasteiger partial charge in [-0.15, -0.1) is 0 Å². The Bertz CT molecular complexity index is 374. The number of hydrogen-bond acceptors (Lipinski definition) is 4. The highest BCUT2D eigenvalue weighted by Crippen LogP contribution is 2.05. The van der Waals surface area contributed by atoms with Crippen LogP contribution in [0.5, 0.6) is 0 Å². The SMILES string of the molecule is CCOC(=O)C(OCc1ccccc1)C(=O)O. The number of rotatable bonds is 6. The molecule has 1 atom stereocenters. The molecule has 0 aliphatic carbocycles. The summed E-state index contributed by atoms with van der Waals surface area (Å²) in [7, 11) is 0. The third-order valence-electron chi connectivity index (χ3n) is 1.98. The molecular formula is C12H14O5. The highest BCUT2D eigenvalue weighted by Gasteiger charge is 2.28. The Hall–Kier alpha value is -1.88. The van der Waals surface area contributed by atoms with E-state index < -0.39 is 18.0 Å². The van der Waals surface area contributed by atoms with Gasteiger partial charge in [-0.3, -0.25) is 0 Å². The molecule has 1 rings (SSSR count). The van der Waals surface area contributed by atoms with E-state index in [0.717, 1.165) is 5.56 Å². The maximum Gasteiger partial charge on any atom is 0.347 e. The molecule has 0 saturated carbocycles. The quantitative estimate of drug-likeness (QED) is 0.596. The van der Waals surface area contributed by atoms with E-state index in [-0.39, 0.29) is 13.2 Å². The van der Waals surface area contributed by atoms with Crippen LogP contribution in [0.2, 0.25) is 0 Å². The molecule has 0 amide bonds. The van der Waals surface area contributed by atoms with Crippen molar-refractivity contribution in [1.82, 2.24) is 0 Å². The first-order chi connectivity index (χ1) is 8.15. The summed E-state index contributed by atoms with van der Waals surface area (Å²) in [4.78, 5) is 22.1.